The molecule has 0 bridgehead atoms. The fourth-order valence-corrected chi connectivity index (χ4v) is 2.91. The van der Waals surface area contributed by atoms with Crippen molar-refractivity contribution in [3.63, 3.8) is 0 Å². The van der Waals surface area contributed by atoms with Crippen molar-refractivity contribution in [3.8, 4) is 23.4 Å². The largest absolute Gasteiger partial charge is 0.346 e. The van der Waals surface area contributed by atoms with Crippen molar-refractivity contribution in [2.75, 3.05) is 0 Å². The van der Waals surface area contributed by atoms with Crippen LogP contribution in [0.3, 0.4) is 0 Å². The minimum Gasteiger partial charge on any atom is -0.346 e. The van der Waals surface area contributed by atoms with Crippen LogP contribution >= 0.6 is 0 Å². The Morgan fingerprint density at radius 1 is 1.19 bits per heavy atom. The fraction of sp³-hybridized carbons (Fsp3) is 0.111. The molecule has 0 radical (unpaired) electrons. The zero-order valence-electron chi connectivity index (χ0n) is 13.5. The minimum atomic E-state index is -0.451. The molecule has 1 N–H and O–H groups in total. The maximum atomic E-state index is 9.34. The van der Waals surface area contributed by atoms with Gasteiger partial charge in [0.2, 0.25) is 0 Å². The van der Waals surface area contributed by atoms with E-state index in [9.17, 15) is 10.5 Å². The second kappa shape index (κ2) is 6.46. The molecule has 4 heterocycles. The molecule has 26 heavy (non-hydrogen) atoms. The van der Waals surface area contributed by atoms with Crippen LogP contribution in [0.2, 0.25) is 0 Å². The number of pyridine rings is 1. The third kappa shape index (κ3) is 2.56. The average Bonchev–Trinajstić information content (AvgIpc) is 3.35. The lowest BCUT2D eigenvalue weighted by atomic mass is 10.1. The molecule has 0 saturated carbocycles. The first-order chi connectivity index (χ1) is 12.8. The van der Waals surface area contributed by atoms with Gasteiger partial charge in [-0.15, -0.1) is 0 Å². The highest BCUT2D eigenvalue weighted by Gasteiger charge is 2.20. The topological polar surface area (TPSA) is 120 Å². The molecule has 0 aromatic carbocycles. The highest BCUT2D eigenvalue weighted by atomic mass is 15.3. The van der Waals surface area contributed by atoms with E-state index in [2.05, 4.69) is 37.2 Å². The van der Waals surface area contributed by atoms with Gasteiger partial charge in [-0.2, -0.15) is 15.6 Å². The number of nitrogens with one attached hydrogen (secondary N) is 1. The number of nitrogens with zero attached hydrogens (tertiary/aromatic N) is 7. The second-order valence-electron chi connectivity index (χ2n) is 5.60. The van der Waals surface area contributed by atoms with E-state index in [0.29, 0.717) is 11.3 Å². The number of H-pyrrole nitrogens is 1. The molecule has 0 aliphatic carbocycles. The molecule has 0 spiro atoms. The highest BCUT2D eigenvalue weighted by molar-refractivity contribution is 5.89. The van der Waals surface area contributed by atoms with Crippen LogP contribution in [-0.2, 0) is 0 Å². The van der Waals surface area contributed by atoms with E-state index in [0.717, 1.165) is 22.3 Å². The van der Waals surface area contributed by atoms with Gasteiger partial charge in [-0.1, -0.05) is 0 Å². The number of hydrogen-bond donors (Lipinski definition) is 1. The van der Waals surface area contributed by atoms with Crippen molar-refractivity contribution in [1.29, 1.82) is 10.5 Å². The molecule has 0 aliphatic heterocycles. The summed E-state index contributed by atoms with van der Waals surface area (Å²) in [6.07, 6.45) is 8.55. The molecule has 0 amide bonds. The first-order valence-electron chi connectivity index (χ1n) is 7.86. The Kier molecular flexibility index (Phi) is 3.85. The molecular weight excluding hydrogens is 328 g/mol. The standard InChI is InChI=1S/C18H12N8/c19-5-3-15(17-12(8-20)2-1-6-21-17)26-10-13(9-25-26)16-14-4-7-22-18(14)24-11-23-16/h1-2,4,6-7,9-11,15H,3H2,(H,22,23,24)/t15-/m0/s1. The van der Waals surface area contributed by atoms with Gasteiger partial charge in [-0.05, 0) is 18.2 Å². The van der Waals surface area contributed by atoms with Gasteiger partial charge in [-0.25, -0.2) is 9.97 Å². The van der Waals surface area contributed by atoms with Gasteiger partial charge in [0.15, 0.2) is 0 Å². The van der Waals surface area contributed by atoms with Gasteiger partial charge in [0, 0.05) is 29.5 Å². The molecule has 4 aromatic rings. The number of rotatable bonds is 4. The molecule has 1 atom stereocenters. The Morgan fingerprint density at radius 2 is 2.12 bits per heavy atom. The summed E-state index contributed by atoms with van der Waals surface area (Å²) in [6, 6.07) is 9.11. The van der Waals surface area contributed by atoms with E-state index in [1.165, 1.54) is 6.33 Å². The Bertz CT molecular complexity index is 1160. The van der Waals surface area contributed by atoms with Gasteiger partial charge in [0.05, 0.1) is 35.6 Å². The third-order valence-corrected chi connectivity index (χ3v) is 4.11. The maximum Gasteiger partial charge on any atom is 0.141 e. The van der Waals surface area contributed by atoms with Crippen LogP contribution in [0.5, 0.6) is 0 Å². The lowest BCUT2D eigenvalue weighted by Crippen LogP contribution is -2.14. The SMILES string of the molecule is N#CC[C@@H](c1ncccc1C#N)n1cc(-c2ncnc3[nH]ccc23)cn1. The summed E-state index contributed by atoms with van der Waals surface area (Å²) in [5, 5.41) is 23.9. The Balaban J connectivity index is 1.79. The molecule has 8 nitrogen and oxygen atoms in total. The van der Waals surface area contributed by atoms with Crippen molar-refractivity contribution < 1.29 is 0 Å². The first kappa shape index (κ1) is 15.5. The summed E-state index contributed by atoms with van der Waals surface area (Å²) in [5.74, 6) is 0. The van der Waals surface area contributed by atoms with E-state index in [-0.39, 0.29) is 6.42 Å². The molecule has 4 aromatic heterocycles. The van der Waals surface area contributed by atoms with Gasteiger partial charge in [0.25, 0.3) is 0 Å². The Labute approximate surface area is 148 Å². The summed E-state index contributed by atoms with van der Waals surface area (Å²) >= 11 is 0. The Morgan fingerprint density at radius 3 is 2.96 bits per heavy atom. The molecule has 0 fully saturated rings. The lowest BCUT2D eigenvalue weighted by Gasteiger charge is -2.14. The first-order valence-corrected chi connectivity index (χ1v) is 7.86. The molecule has 0 unspecified atom stereocenters. The van der Waals surface area contributed by atoms with E-state index in [1.807, 2.05) is 12.3 Å². The normalized spacial score (nSPS) is 11.8. The van der Waals surface area contributed by atoms with Gasteiger partial charge < -0.3 is 4.98 Å². The van der Waals surface area contributed by atoms with Crippen molar-refractivity contribution in [3.05, 3.63) is 60.6 Å². The predicted molar refractivity (Wildman–Crippen MR) is 92.4 cm³/mol. The van der Waals surface area contributed by atoms with Gasteiger partial charge >= 0.3 is 0 Å². The van der Waals surface area contributed by atoms with Crippen LogP contribution in [0.4, 0.5) is 0 Å². The van der Waals surface area contributed by atoms with Crippen LogP contribution in [-0.4, -0.2) is 29.7 Å². The van der Waals surface area contributed by atoms with Crippen LogP contribution in [0, 0.1) is 22.7 Å². The van der Waals surface area contributed by atoms with Crippen LogP contribution in [0.15, 0.2) is 49.3 Å². The molecular formula is C18H12N8. The smallest absolute Gasteiger partial charge is 0.141 e. The van der Waals surface area contributed by atoms with Crippen molar-refractivity contribution in [1.82, 2.24) is 29.7 Å². The average molecular weight is 340 g/mol. The van der Waals surface area contributed by atoms with Gasteiger partial charge in [-0.3, -0.25) is 9.67 Å². The van der Waals surface area contributed by atoms with Crippen molar-refractivity contribution in [2.24, 2.45) is 0 Å². The molecule has 124 valence electrons. The number of aromatic nitrogens is 6. The zero-order chi connectivity index (χ0) is 17.9. The van der Waals surface area contributed by atoms with Crippen molar-refractivity contribution in [2.45, 2.75) is 12.5 Å². The molecule has 0 aliphatic rings. The zero-order valence-corrected chi connectivity index (χ0v) is 13.5. The maximum absolute atomic E-state index is 9.34. The quantitative estimate of drug-likeness (QED) is 0.609. The molecule has 4 rings (SSSR count). The second-order valence-corrected chi connectivity index (χ2v) is 5.60. The number of aromatic amines is 1. The van der Waals surface area contributed by atoms with Crippen LogP contribution in [0.1, 0.15) is 23.7 Å². The summed E-state index contributed by atoms with van der Waals surface area (Å²) in [4.78, 5) is 15.9. The lowest BCUT2D eigenvalue weighted by molar-refractivity contribution is 0.519. The molecule has 8 heteroatoms. The van der Waals surface area contributed by atoms with Crippen molar-refractivity contribution >= 4 is 11.0 Å². The fourth-order valence-electron chi connectivity index (χ4n) is 2.91. The number of nitriles is 2. The highest BCUT2D eigenvalue weighted by Crippen LogP contribution is 2.28. The Hall–Kier alpha value is -4.04. The van der Waals surface area contributed by atoms with Gasteiger partial charge in [0.1, 0.15) is 24.1 Å². The van der Waals surface area contributed by atoms with Crippen LogP contribution in [0.25, 0.3) is 22.3 Å². The third-order valence-electron chi connectivity index (χ3n) is 4.11. The minimum absolute atomic E-state index is 0.149. The summed E-state index contributed by atoms with van der Waals surface area (Å²) in [5.41, 5.74) is 3.25. The van der Waals surface area contributed by atoms with E-state index in [1.54, 1.807) is 35.4 Å². The summed E-state index contributed by atoms with van der Waals surface area (Å²) < 4.78 is 1.66. The summed E-state index contributed by atoms with van der Waals surface area (Å²) in [6.45, 7) is 0. The summed E-state index contributed by atoms with van der Waals surface area (Å²) in [7, 11) is 0. The van der Waals surface area contributed by atoms with E-state index in [4.69, 9.17) is 0 Å². The number of fused-ring (bicyclic) bond motifs is 1. The van der Waals surface area contributed by atoms with E-state index >= 15 is 0 Å². The molecule has 0 saturated heterocycles. The van der Waals surface area contributed by atoms with Crippen LogP contribution < -0.4 is 0 Å². The van der Waals surface area contributed by atoms with E-state index < -0.39 is 6.04 Å². The number of hydrogen-bond acceptors (Lipinski definition) is 6. The monoisotopic (exact) mass is 340 g/mol. The predicted octanol–water partition coefficient (Wildman–Crippen LogP) is 2.59.